The van der Waals surface area contributed by atoms with Crippen molar-refractivity contribution in [2.24, 2.45) is 10.9 Å². The van der Waals surface area contributed by atoms with Crippen molar-refractivity contribution in [3.63, 3.8) is 0 Å². The number of nitrogens with one attached hydrogen (secondary N) is 1. The second-order valence-corrected chi connectivity index (χ2v) is 4.67. The van der Waals surface area contributed by atoms with E-state index in [0.29, 0.717) is 5.92 Å². The quantitative estimate of drug-likeness (QED) is 0.658. The molecule has 13 heavy (non-hydrogen) atoms. The zero-order valence-electron chi connectivity index (χ0n) is 9.31. The number of hydrogen-bond acceptors (Lipinski definition) is 2. The van der Waals surface area contributed by atoms with Gasteiger partial charge in [-0.2, -0.15) is 0 Å². The van der Waals surface area contributed by atoms with Crippen LogP contribution in [0, 0.1) is 5.92 Å². The predicted octanol–water partition coefficient (Wildman–Crippen LogP) is 2.37. The molecule has 0 radical (unpaired) electrons. The number of hydrogen-bond donors (Lipinski definition) is 1. The highest BCUT2D eigenvalue weighted by molar-refractivity contribution is 5.93. The highest BCUT2D eigenvalue weighted by atomic mass is 15.0. The Morgan fingerprint density at radius 3 is 2.62 bits per heavy atom. The lowest BCUT2D eigenvalue weighted by atomic mass is 10.1. The molecule has 0 aromatic carbocycles. The summed E-state index contributed by atoms with van der Waals surface area (Å²) in [4.78, 5) is 4.62. The second-order valence-electron chi connectivity index (χ2n) is 4.67. The van der Waals surface area contributed by atoms with Gasteiger partial charge in [0, 0.05) is 18.0 Å². The first kappa shape index (κ1) is 10.3. The first-order valence-electron chi connectivity index (χ1n) is 4.93. The summed E-state index contributed by atoms with van der Waals surface area (Å²) < 4.78 is 0. The lowest BCUT2D eigenvalue weighted by Crippen LogP contribution is -2.32. The van der Waals surface area contributed by atoms with E-state index >= 15 is 0 Å². The fourth-order valence-electron chi connectivity index (χ4n) is 1.51. The van der Waals surface area contributed by atoms with Gasteiger partial charge in [0.05, 0.1) is 5.54 Å². The van der Waals surface area contributed by atoms with Crippen molar-refractivity contribution < 1.29 is 0 Å². The first-order chi connectivity index (χ1) is 5.91. The summed E-state index contributed by atoms with van der Waals surface area (Å²) in [5.74, 6) is 0.555. The van der Waals surface area contributed by atoms with Crippen LogP contribution in [0.5, 0.6) is 0 Å². The summed E-state index contributed by atoms with van der Waals surface area (Å²) in [6, 6.07) is 0. The van der Waals surface area contributed by atoms with Crippen LogP contribution in [0.2, 0.25) is 0 Å². The maximum absolute atomic E-state index is 4.62. The Bertz CT molecular complexity index is 247. The fourth-order valence-corrected chi connectivity index (χ4v) is 1.51. The van der Waals surface area contributed by atoms with E-state index in [0.717, 1.165) is 12.3 Å². The molecule has 0 aromatic heterocycles. The monoisotopic (exact) mass is 180 g/mol. The minimum atomic E-state index is 0.0250. The molecule has 0 aromatic rings. The van der Waals surface area contributed by atoms with Crippen molar-refractivity contribution in [1.82, 2.24) is 5.32 Å². The van der Waals surface area contributed by atoms with Crippen LogP contribution in [-0.4, -0.2) is 17.8 Å². The van der Waals surface area contributed by atoms with Crippen LogP contribution in [0.25, 0.3) is 0 Å². The Balaban J connectivity index is 2.85. The summed E-state index contributed by atoms with van der Waals surface area (Å²) in [6.07, 6.45) is 2.15. The standard InChI is InChI=1S/C11H20N2/c1-8(2)10-6-9(3)13-11(4,5)7-12-10/h6,8,12H,7H2,1-5H3. The van der Waals surface area contributed by atoms with Crippen molar-refractivity contribution in [2.75, 3.05) is 6.54 Å². The first-order valence-corrected chi connectivity index (χ1v) is 4.93. The Morgan fingerprint density at radius 2 is 2.08 bits per heavy atom. The molecule has 0 unspecified atom stereocenters. The molecule has 0 saturated carbocycles. The topological polar surface area (TPSA) is 24.4 Å². The van der Waals surface area contributed by atoms with Crippen LogP contribution < -0.4 is 5.32 Å². The fraction of sp³-hybridized carbons (Fsp3) is 0.727. The van der Waals surface area contributed by atoms with Crippen LogP contribution in [0.15, 0.2) is 16.8 Å². The summed E-state index contributed by atoms with van der Waals surface area (Å²) in [6.45, 7) is 11.7. The molecule has 74 valence electrons. The van der Waals surface area contributed by atoms with E-state index in [1.165, 1.54) is 5.70 Å². The van der Waals surface area contributed by atoms with Gasteiger partial charge in [-0.3, -0.25) is 4.99 Å². The van der Waals surface area contributed by atoms with E-state index in [1.807, 2.05) is 0 Å². The molecule has 1 aliphatic heterocycles. The van der Waals surface area contributed by atoms with Crippen LogP contribution in [0.4, 0.5) is 0 Å². The molecule has 1 heterocycles. The molecule has 0 bridgehead atoms. The van der Waals surface area contributed by atoms with Crippen molar-refractivity contribution >= 4 is 5.71 Å². The average Bonchev–Trinajstić information content (AvgIpc) is 2.07. The molecule has 0 fully saturated rings. The zero-order valence-corrected chi connectivity index (χ0v) is 9.31. The number of aliphatic imine (C=N–C) groups is 1. The summed E-state index contributed by atoms with van der Waals surface area (Å²) >= 11 is 0. The maximum Gasteiger partial charge on any atom is 0.0726 e. The van der Waals surface area contributed by atoms with E-state index in [4.69, 9.17) is 0 Å². The van der Waals surface area contributed by atoms with Gasteiger partial charge in [-0.05, 0) is 32.8 Å². The van der Waals surface area contributed by atoms with Gasteiger partial charge in [0.25, 0.3) is 0 Å². The lowest BCUT2D eigenvalue weighted by molar-refractivity contribution is 0.485. The molecule has 0 amide bonds. The van der Waals surface area contributed by atoms with Gasteiger partial charge in [0.1, 0.15) is 0 Å². The average molecular weight is 180 g/mol. The SMILES string of the molecule is CC1=NC(C)(C)CNC(C(C)C)=C1. The predicted molar refractivity (Wildman–Crippen MR) is 58.1 cm³/mol. The third-order valence-electron chi connectivity index (χ3n) is 2.19. The molecule has 1 rings (SSSR count). The minimum absolute atomic E-state index is 0.0250. The van der Waals surface area contributed by atoms with Crippen molar-refractivity contribution in [1.29, 1.82) is 0 Å². The second kappa shape index (κ2) is 3.52. The number of rotatable bonds is 1. The Hall–Kier alpha value is -0.790. The molecule has 0 spiro atoms. The van der Waals surface area contributed by atoms with Gasteiger partial charge in [-0.25, -0.2) is 0 Å². The van der Waals surface area contributed by atoms with Crippen molar-refractivity contribution in [3.05, 3.63) is 11.8 Å². The Morgan fingerprint density at radius 1 is 1.46 bits per heavy atom. The van der Waals surface area contributed by atoms with E-state index in [1.54, 1.807) is 0 Å². The molecular weight excluding hydrogens is 160 g/mol. The van der Waals surface area contributed by atoms with Crippen LogP contribution in [0.3, 0.4) is 0 Å². The normalized spacial score (nSPS) is 21.7. The lowest BCUT2D eigenvalue weighted by Gasteiger charge is -2.20. The van der Waals surface area contributed by atoms with Gasteiger partial charge in [0.15, 0.2) is 0 Å². The van der Waals surface area contributed by atoms with Crippen LogP contribution in [0.1, 0.15) is 34.6 Å². The van der Waals surface area contributed by atoms with Gasteiger partial charge in [-0.1, -0.05) is 13.8 Å². The molecule has 2 nitrogen and oxygen atoms in total. The largest absolute Gasteiger partial charge is 0.386 e. The molecule has 0 aliphatic carbocycles. The number of nitrogens with zero attached hydrogens (tertiary/aromatic N) is 1. The van der Waals surface area contributed by atoms with Gasteiger partial charge < -0.3 is 5.32 Å². The zero-order chi connectivity index (χ0) is 10.1. The Kier molecular flexibility index (Phi) is 2.79. The molecular formula is C11H20N2. The number of allylic oxidation sites excluding steroid dienone is 2. The molecule has 0 saturated heterocycles. The van der Waals surface area contributed by atoms with Gasteiger partial charge >= 0.3 is 0 Å². The highest BCUT2D eigenvalue weighted by Crippen LogP contribution is 2.15. The van der Waals surface area contributed by atoms with Crippen molar-refractivity contribution in [3.8, 4) is 0 Å². The van der Waals surface area contributed by atoms with E-state index in [2.05, 4.69) is 51.0 Å². The minimum Gasteiger partial charge on any atom is -0.386 e. The van der Waals surface area contributed by atoms with Crippen LogP contribution in [-0.2, 0) is 0 Å². The summed E-state index contributed by atoms with van der Waals surface area (Å²) in [5, 5.41) is 3.45. The molecule has 1 aliphatic rings. The molecule has 2 heteroatoms. The highest BCUT2D eigenvalue weighted by Gasteiger charge is 2.19. The maximum atomic E-state index is 4.62. The summed E-state index contributed by atoms with van der Waals surface area (Å²) in [5.41, 5.74) is 2.45. The van der Waals surface area contributed by atoms with E-state index in [-0.39, 0.29) is 5.54 Å². The smallest absolute Gasteiger partial charge is 0.0726 e. The van der Waals surface area contributed by atoms with Crippen molar-refractivity contribution in [2.45, 2.75) is 40.2 Å². The molecule has 0 atom stereocenters. The van der Waals surface area contributed by atoms with Gasteiger partial charge in [0.2, 0.25) is 0 Å². The van der Waals surface area contributed by atoms with E-state index < -0.39 is 0 Å². The third kappa shape index (κ3) is 2.87. The Labute approximate surface area is 81.1 Å². The summed E-state index contributed by atoms with van der Waals surface area (Å²) in [7, 11) is 0. The van der Waals surface area contributed by atoms with Crippen LogP contribution >= 0.6 is 0 Å². The third-order valence-corrected chi connectivity index (χ3v) is 2.19. The van der Waals surface area contributed by atoms with Gasteiger partial charge in [-0.15, -0.1) is 0 Å². The molecule has 1 N–H and O–H groups in total. The van der Waals surface area contributed by atoms with E-state index in [9.17, 15) is 0 Å².